The maximum atomic E-state index is 14.1. The van der Waals surface area contributed by atoms with Crippen molar-refractivity contribution < 1.29 is 18.3 Å². The third-order valence-corrected chi connectivity index (χ3v) is 3.87. The molecule has 3 aromatic rings. The van der Waals surface area contributed by atoms with E-state index in [0.717, 1.165) is 12.1 Å². The minimum Gasteiger partial charge on any atom is -0.490 e. The van der Waals surface area contributed by atoms with Crippen molar-refractivity contribution in [2.75, 3.05) is 6.61 Å². The molecular formula is C17H12F2N4O2. The lowest BCUT2D eigenvalue weighted by Gasteiger charge is -2.14. The van der Waals surface area contributed by atoms with Crippen molar-refractivity contribution in [1.82, 2.24) is 20.1 Å². The minimum atomic E-state index is -0.753. The summed E-state index contributed by atoms with van der Waals surface area (Å²) in [6.07, 6.45) is 4.78. The molecule has 1 aliphatic heterocycles. The van der Waals surface area contributed by atoms with E-state index < -0.39 is 23.6 Å². The van der Waals surface area contributed by atoms with Crippen LogP contribution in [0.15, 0.2) is 48.9 Å². The normalized spacial score (nSPS) is 15.5. The van der Waals surface area contributed by atoms with Gasteiger partial charge in [0.1, 0.15) is 24.0 Å². The van der Waals surface area contributed by atoms with Crippen molar-refractivity contribution >= 4 is 5.91 Å². The zero-order valence-corrected chi connectivity index (χ0v) is 12.8. The van der Waals surface area contributed by atoms with Crippen LogP contribution in [0.2, 0.25) is 0 Å². The number of rotatable bonds is 3. The van der Waals surface area contributed by atoms with Gasteiger partial charge in [0.2, 0.25) is 0 Å². The summed E-state index contributed by atoms with van der Waals surface area (Å²) in [7, 11) is 0. The van der Waals surface area contributed by atoms with Gasteiger partial charge in [-0.3, -0.25) is 4.79 Å². The number of aromatic nitrogens is 3. The van der Waals surface area contributed by atoms with E-state index in [-0.39, 0.29) is 23.5 Å². The molecular weight excluding hydrogens is 330 g/mol. The van der Waals surface area contributed by atoms with Crippen molar-refractivity contribution in [1.29, 1.82) is 0 Å². The summed E-state index contributed by atoms with van der Waals surface area (Å²) < 4.78 is 34.1. The molecule has 0 spiro atoms. The minimum absolute atomic E-state index is 0.0266. The molecule has 1 amide bonds. The molecule has 0 fully saturated rings. The van der Waals surface area contributed by atoms with E-state index in [9.17, 15) is 13.6 Å². The highest BCUT2D eigenvalue weighted by Crippen LogP contribution is 2.35. The molecule has 0 saturated heterocycles. The number of hydrogen-bond acceptors (Lipinski definition) is 4. The van der Waals surface area contributed by atoms with Crippen LogP contribution < -0.4 is 10.1 Å². The number of nitrogens with one attached hydrogen (secondary N) is 1. The number of ether oxygens (including phenoxy) is 1. The van der Waals surface area contributed by atoms with Gasteiger partial charge in [0, 0.05) is 30.7 Å². The number of halogens is 2. The van der Waals surface area contributed by atoms with Crippen LogP contribution in [0.1, 0.15) is 22.0 Å². The molecule has 1 atom stereocenters. The Bertz CT molecular complexity index is 944. The molecule has 126 valence electrons. The monoisotopic (exact) mass is 342 g/mol. The standard InChI is InChI=1S/C17H12F2N4O2/c18-10-7-12(19)15-13(9-25-14(15)8-10)22-17(24)11-3-1-4-20-16(11)23-6-2-5-21-23/h1-8,13H,9H2,(H,22,24). The number of benzene rings is 1. The summed E-state index contributed by atoms with van der Waals surface area (Å²) in [6, 6.07) is 6.08. The molecule has 8 heteroatoms. The zero-order valence-electron chi connectivity index (χ0n) is 12.8. The molecule has 1 unspecified atom stereocenters. The Hall–Kier alpha value is -3.29. The van der Waals surface area contributed by atoms with E-state index in [1.165, 1.54) is 4.68 Å². The molecule has 1 N–H and O–H groups in total. The highest BCUT2D eigenvalue weighted by Gasteiger charge is 2.30. The number of fused-ring (bicyclic) bond motifs is 1. The van der Waals surface area contributed by atoms with Gasteiger partial charge in [0.15, 0.2) is 5.82 Å². The molecule has 0 radical (unpaired) electrons. The maximum absolute atomic E-state index is 14.1. The fourth-order valence-electron chi connectivity index (χ4n) is 2.78. The largest absolute Gasteiger partial charge is 0.490 e. The summed E-state index contributed by atoms with van der Waals surface area (Å²) in [5, 5.41) is 6.78. The Morgan fingerprint density at radius 2 is 2.16 bits per heavy atom. The second-order valence-electron chi connectivity index (χ2n) is 5.46. The molecule has 0 aliphatic carbocycles. The summed E-state index contributed by atoms with van der Waals surface area (Å²) in [5.41, 5.74) is 0.418. The van der Waals surface area contributed by atoms with Crippen LogP contribution in [0.3, 0.4) is 0 Å². The van der Waals surface area contributed by atoms with Crippen LogP contribution in [0, 0.1) is 11.6 Å². The number of nitrogens with zero attached hydrogens (tertiary/aromatic N) is 3. The second kappa shape index (κ2) is 5.97. The van der Waals surface area contributed by atoms with E-state index >= 15 is 0 Å². The fourth-order valence-corrected chi connectivity index (χ4v) is 2.78. The van der Waals surface area contributed by atoms with Crippen molar-refractivity contribution in [2.45, 2.75) is 6.04 Å². The number of hydrogen-bond donors (Lipinski definition) is 1. The Balaban J connectivity index is 1.64. The Morgan fingerprint density at radius 1 is 1.28 bits per heavy atom. The Kier molecular flexibility index (Phi) is 3.64. The zero-order chi connectivity index (χ0) is 17.4. The predicted molar refractivity (Wildman–Crippen MR) is 83.4 cm³/mol. The van der Waals surface area contributed by atoms with Gasteiger partial charge in [0.25, 0.3) is 5.91 Å². The van der Waals surface area contributed by atoms with Gasteiger partial charge in [-0.05, 0) is 18.2 Å². The van der Waals surface area contributed by atoms with Crippen LogP contribution >= 0.6 is 0 Å². The van der Waals surface area contributed by atoms with Gasteiger partial charge < -0.3 is 10.1 Å². The van der Waals surface area contributed by atoms with Gasteiger partial charge in [-0.15, -0.1) is 0 Å². The van der Waals surface area contributed by atoms with Gasteiger partial charge >= 0.3 is 0 Å². The predicted octanol–water partition coefficient (Wildman–Crippen LogP) is 2.41. The summed E-state index contributed by atoms with van der Waals surface area (Å²) >= 11 is 0. The summed E-state index contributed by atoms with van der Waals surface area (Å²) in [5.74, 6) is -1.48. The number of carbonyl (C=O) groups excluding carboxylic acids is 1. The first-order valence-electron chi connectivity index (χ1n) is 7.51. The van der Waals surface area contributed by atoms with E-state index in [0.29, 0.717) is 5.82 Å². The average Bonchev–Trinajstić information content (AvgIpc) is 3.25. The molecule has 0 saturated carbocycles. The van der Waals surface area contributed by atoms with Crippen molar-refractivity contribution in [2.24, 2.45) is 0 Å². The molecule has 1 aromatic carbocycles. The van der Waals surface area contributed by atoms with Crippen LogP contribution in [-0.2, 0) is 0 Å². The van der Waals surface area contributed by atoms with Crippen molar-refractivity contribution in [3.05, 3.63) is 71.7 Å². The van der Waals surface area contributed by atoms with Gasteiger partial charge in [0.05, 0.1) is 17.2 Å². The topological polar surface area (TPSA) is 69.0 Å². The van der Waals surface area contributed by atoms with Gasteiger partial charge in [-0.25, -0.2) is 18.4 Å². The van der Waals surface area contributed by atoms with Crippen molar-refractivity contribution in [3.63, 3.8) is 0 Å². The average molecular weight is 342 g/mol. The number of amides is 1. The summed E-state index contributed by atoms with van der Waals surface area (Å²) in [4.78, 5) is 16.8. The first kappa shape index (κ1) is 15.3. The van der Waals surface area contributed by atoms with Gasteiger partial charge in [-0.2, -0.15) is 5.10 Å². The fraction of sp³-hybridized carbons (Fsp3) is 0.118. The molecule has 6 nitrogen and oxygen atoms in total. The maximum Gasteiger partial charge on any atom is 0.255 e. The molecule has 4 rings (SSSR count). The van der Waals surface area contributed by atoms with Gasteiger partial charge in [-0.1, -0.05) is 0 Å². The lowest BCUT2D eigenvalue weighted by atomic mass is 10.1. The second-order valence-corrected chi connectivity index (χ2v) is 5.46. The first-order chi connectivity index (χ1) is 12.1. The number of carbonyl (C=O) groups is 1. The Labute approximate surface area is 141 Å². The lowest BCUT2D eigenvalue weighted by Crippen LogP contribution is -2.31. The van der Waals surface area contributed by atoms with E-state index in [1.54, 1.807) is 36.8 Å². The van der Waals surface area contributed by atoms with E-state index in [1.807, 2.05) is 0 Å². The molecule has 25 heavy (non-hydrogen) atoms. The first-order valence-corrected chi connectivity index (χ1v) is 7.51. The summed E-state index contributed by atoms with van der Waals surface area (Å²) in [6.45, 7) is 0.0266. The lowest BCUT2D eigenvalue weighted by molar-refractivity contribution is 0.0929. The van der Waals surface area contributed by atoms with E-state index in [2.05, 4.69) is 15.4 Å². The highest BCUT2D eigenvalue weighted by atomic mass is 19.1. The quantitative estimate of drug-likeness (QED) is 0.794. The smallest absolute Gasteiger partial charge is 0.255 e. The molecule has 1 aliphatic rings. The SMILES string of the molecule is O=C(NC1COc2cc(F)cc(F)c21)c1cccnc1-n1cccn1. The highest BCUT2D eigenvalue weighted by molar-refractivity contribution is 5.97. The molecule has 0 bridgehead atoms. The molecule has 3 heterocycles. The van der Waals surface area contributed by atoms with Crippen molar-refractivity contribution in [3.8, 4) is 11.6 Å². The Morgan fingerprint density at radius 3 is 2.96 bits per heavy atom. The van der Waals surface area contributed by atoms with Crippen LogP contribution in [0.5, 0.6) is 5.75 Å². The third-order valence-electron chi connectivity index (χ3n) is 3.87. The molecule has 2 aromatic heterocycles. The number of pyridine rings is 1. The van der Waals surface area contributed by atoms with E-state index in [4.69, 9.17) is 4.74 Å². The van der Waals surface area contributed by atoms with Crippen LogP contribution in [0.4, 0.5) is 8.78 Å². The third kappa shape index (κ3) is 2.71. The van der Waals surface area contributed by atoms with Crippen LogP contribution in [-0.4, -0.2) is 27.3 Å². The van der Waals surface area contributed by atoms with Crippen LogP contribution in [0.25, 0.3) is 5.82 Å².